The molecule has 4 rings (SSSR count). The van der Waals surface area contributed by atoms with E-state index in [4.69, 9.17) is 4.74 Å². The van der Waals surface area contributed by atoms with E-state index < -0.39 is 12.1 Å². The Morgan fingerprint density at radius 3 is 2.45 bits per heavy atom. The molecular formula is C20H22F3N5O3. The van der Waals surface area contributed by atoms with Gasteiger partial charge in [0.25, 0.3) is 5.91 Å². The normalized spacial score (nSPS) is 17.6. The van der Waals surface area contributed by atoms with E-state index in [0.29, 0.717) is 39.4 Å². The number of benzene rings is 1. The molecule has 2 aliphatic heterocycles. The molecule has 0 atom stereocenters. The Morgan fingerprint density at radius 1 is 1.00 bits per heavy atom. The number of amides is 1. The molecule has 3 heterocycles. The predicted octanol–water partition coefficient (Wildman–Crippen LogP) is 2.17. The molecule has 2 aliphatic rings. The number of ether oxygens (including phenoxy) is 2. The number of rotatable bonds is 4. The van der Waals surface area contributed by atoms with Gasteiger partial charge in [0, 0.05) is 50.9 Å². The van der Waals surface area contributed by atoms with Crippen molar-refractivity contribution >= 4 is 17.4 Å². The van der Waals surface area contributed by atoms with E-state index in [0.717, 1.165) is 30.7 Å². The Kier molecular flexibility index (Phi) is 6.12. The minimum atomic E-state index is -4.80. The van der Waals surface area contributed by atoms with Crippen LogP contribution in [0.5, 0.6) is 5.75 Å². The fourth-order valence-electron chi connectivity index (χ4n) is 3.64. The summed E-state index contributed by atoms with van der Waals surface area (Å²) >= 11 is 0. The van der Waals surface area contributed by atoms with Gasteiger partial charge in [-0.15, -0.1) is 18.3 Å². The van der Waals surface area contributed by atoms with Crippen LogP contribution in [0.4, 0.5) is 24.7 Å². The zero-order chi connectivity index (χ0) is 21.8. The summed E-state index contributed by atoms with van der Waals surface area (Å²) in [5, 5.41) is 8.34. The number of carbonyl (C=O) groups is 1. The van der Waals surface area contributed by atoms with Gasteiger partial charge in [0.05, 0.1) is 25.1 Å². The number of piperazine rings is 1. The number of anilines is 2. The van der Waals surface area contributed by atoms with Crippen molar-refractivity contribution < 1.29 is 27.4 Å². The first kappa shape index (κ1) is 21.2. The van der Waals surface area contributed by atoms with Gasteiger partial charge >= 0.3 is 6.36 Å². The molecule has 1 amide bonds. The molecular weight excluding hydrogens is 415 g/mol. The smallest absolute Gasteiger partial charge is 0.406 e. The van der Waals surface area contributed by atoms with E-state index in [1.54, 1.807) is 11.1 Å². The van der Waals surface area contributed by atoms with E-state index >= 15 is 0 Å². The Labute approximate surface area is 177 Å². The monoisotopic (exact) mass is 437 g/mol. The predicted molar refractivity (Wildman–Crippen MR) is 106 cm³/mol. The number of nitrogens with zero attached hydrogens (tertiary/aromatic N) is 5. The summed E-state index contributed by atoms with van der Waals surface area (Å²) in [6.07, 6.45) is -3.07. The second-order valence-corrected chi connectivity index (χ2v) is 7.23. The highest BCUT2D eigenvalue weighted by Gasteiger charge is 2.31. The molecule has 31 heavy (non-hydrogen) atoms. The van der Waals surface area contributed by atoms with Crippen LogP contribution in [0, 0.1) is 0 Å². The van der Waals surface area contributed by atoms with E-state index in [9.17, 15) is 18.0 Å². The van der Waals surface area contributed by atoms with Crippen molar-refractivity contribution in [2.45, 2.75) is 6.36 Å². The SMILES string of the molecule is O=C(c1cccc(OC(F)(F)F)c1)N1CCN(c2cc(N3CCOCC3)cnn2)CC1. The van der Waals surface area contributed by atoms with Gasteiger partial charge in [-0.25, -0.2) is 0 Å². The standard InChI is InChI=1S/C20H22F3N5O3/c21-20(22,23)31-17-3-1-2-15(12-17)19(29)28-6-4-27(5-7-28)18-13-16(14-24-25-18)26-8-10-30-11-9-26/h1-3,12-14H,4-11H2. The fraction of sp³-hybridized carbons (Fsp3) is 0.450. The van der Waals surface area contributed by atoms with Crippen molar-refractivity contribution in [2.24, 2.45) is 0 Å². The molecule has 2 fully saturated rings. The van der Waals surface area contributed by atoms with Crippen molar-refractivity contribution in [3.8, 4) is 5.75 Å². The number of hydrogen-bond acceptors (Lipinski definition) is 7. The lowest BCUT2D eigenvalue weighted by Gasteiger charge is -2.36. The molecule has 1 aromatic carbocycles. The Hall–Kier alpha value is -3.08. The first-order valence-corrected chi connectivity index (χ1v) is 9.94. The molecule has 2 saturated heterocycles. The Bertz CT molecular complexity index is 913. The third-order valence-electron chi connectivity index (χ3n) is 5.21. The lowest BCUT2D eigenvalue weighted by Crippen LogP contribution is -2.49. The summed E-state index contributed by atoms with van der Waals surface area (Å²) in [4.78, 5) is 18.6. The van der Waals surface area contributed by atoms with Crippen molar-refractivity contribution in [1.29, 1.82) is 0 Å². The van der Waals surface area contributed by atoms with Crippen LogP contribution in [-0.2, 0) is 4.74 Å². The largest absolute Gasteiger partial charge is 0.573 e. The van der Waals surface area contributed by atoms with E-state index in [-0.39, 0.29) is 11.5 Å². The molecule has 166 valence electrons. The lowest BCUT2D eigenvalue weighted by molar-refractivity contribution is -0.274. The van der Waals surface area contributed by atoms with Gasteiger partial charge in [-0.1, -0.05) is 6.07 Å². The van der Waals surface area contributed by atoms with Gasteiger partial charge < -0.3 is 24.2 Å². The second-order valence-electron chi connectivity index (χ2n) is 7.23. The molecule has 11 heteroatoms. The van der Waals surface area contributed by atoms with E-state index in [1.807, 2.05) is 11.0 Å². The molecule has 0 unspecified atom stereocenters. The molecule has 0 saturated carbocycles. The number of morpholine rings is 1. The maximum absolute atomic E-state index is 12.7. The average Bonchev–Trinajstić information content (AvgIpc) is 2.78. The van der Waals surface area contributed by atoms with Gasteiger partial charge in [0.15, 0.2) is 5.82 Å². The summed E-state index contributed by atoms with van der Waals surface area (Å²) in [5.41, 5.74) is 1.14. The van der Waals surface area contributed by atoms with Crippen LogP contribution >= 0.6 is 0 Å². The van der Waals surface area contributed by atoms with Crippen LogP contribution < -0.4 is 14.5 Å². The van der Waals surface area contributed by atoms with Gasteiger partial charge in [-0.05, 0) is 18.2 Å². The molecule has 0 bridgehead atoms. The molecule has 2 aromatic rings. The third-order valence-corrected chi connectivity index (χ3v) is 5.21. The minimum absolute atomic E-state index is 0.157. The van der Waals surface area contributed by atoms with Crippen LogP contribution in [-0.4, -0.2) is 79.8 Å². The molecule has 0 N–H and O–H groups in total. The van der Waals surface area contributed by atoms with E-state index in [1.165, 1.54) is 18.2 Å². The van der Waals surface area contributed by atoms with Crippen molar-refractivity contribution in [3.05, 3.63) is 42.1 Å². The number of carbonyl (C=O) groups excluding carboxylic acids is 1. The highest BCUT2D eigenvalue weighted by Crippen LogP contribution is 2.25. The third kappa shape index (κ3) is 5.35. The molecule has 1 aromatic heterocycles. The fourth-order valence-corrected chi connectivity index (χ4v) is 3.64. The number of hydrogen-bond donors (Lipinski definition) is 0. The summed E-state index contributed by atoms with van der Waals surface area (Å²) in [6, 6.07) is 7.11. The number of alkyl halides is 3. The summed E-state index contributed by atoms with van der Waals surface area (Å²) in [7, 11) is 0. The zero-order valence-corrected chi connectivity index (χ0v) is 16.7. The highest BCUT2D eigenvalue weighted by molar-refractivity contribution is 5.94. The van der Waals surface area contributed by atoms with Crippen molar-refractivity contribution in [3.63, 3.8) is 0 Å². The second kappa shape index (κ2) is 8.96. The quantitative estimate of drug-likeness (QED) is 0.726. The average molecular weight is 437 g/mol. The van der Waals surface area contributed by atoms with Crippen molar-refractivity contribution in [1.82, 2.24) is 15.1 Å². The number of halogens is 3. The van der Waals surface area contributed by atoms with Gasteiger partial charge in [-0.2, -0.15) is 5.10 Å². The van der Waals surface area contributed by atoms with Crippen LogP contribution in [0.1, 0.15) is 10.4 Å². The van der Waals surface area contributed by atoms with Crippen LogP contribution in [0.2, 0.25) is 0 Å². The first-order chi connectivity index (χ1) is 14.9. The Balaban J connectivity index is 1.38. The van der Waals surface area contributed by atoms with Crippen LogP contribution in [0.15, 0.2) is 36.5 Å². The van der Waals surface area contributed by atoms with Crippen LogP contribution in [0.3, 0.4) is 0 Å². The zero-order valence-electron chi connectivity index (χ0n) is 16.7. The summed E-state index contributed by atoms with van der Waals surface area (Å²) in [5.74, 6) is -0.00993. The Morgan fingerprint density at radius 2 is 1.74 bits per heavy atom. The lowest BCUT2D eigenvalue weighted by atomic mass is 10.1. The van der Waals surface area contributed by atoms with E-state index in [2.05, 4.69) is 19.8 Å². The molecule has 0 spiro atoms. The van der Waals surface area contributed by atoms with Gasteiger partial charge in [0.2, 0.25) is 0 Å². The summed E-state index contributed by atoms with van der Waals surface area (Å²) < 4.78 is 46.6. The maximum Gasteiger partial charge on any atom is 0.573 e. The first-order valence-electron chi connectivity index (χ1n) is 9.94. The topological polar surface area (TPSA) is 71.0 Å². The molecule has 0 radical (unpaired) electrons. The molecule has 8 nitrogen and oxygen atoms in total. The number of aromatic nitrogens is 2. The van der Waals surface area contributed by atoms with Crippen molar-refractivity contribution in [2.75, 3.05) is 62.3 Å². The maximum atomic E-state index is 12.7. The van der Waals surface area contributed by atoms with Gasteiger partial charge in [0.1, 0.15) is 5.75 Å². The van der Waals surface area contributed by atoms with Crippen LogP contribution in [0.25, 0.3) is 0 Å². The summed E-state index contributed by atoms with van der Waals surface area (Å²) in [6.45, 7) is 4.88. The minimum Gasteiger partial charge on any atom is -0.406 e. The van der Waals surface area contributed by atoms with Gasteiger partial charge in [-0.3, -0.25) is 4.79 Å². The highest BCUT2D eigenvalue weighted by atomic mass is 19.4. The molecule has 0 aliphatic carbocycles.